The van der Waals surface area contributed by atoms with Gasteiger partial charge in [0.25, 0.3) is 0 Å². The van der Waals surface area contributed by atoms with Crippen LogP contribution in [0, 0.1) is 41.4 Å². The van der Waals surface area contributed by atoms with Gasteiger partial charge >= 0.3 is 0 Å². The zero-order chi connectivity index (χ0) is 12.5. The lowest BCUT2D eigenvalue weighted by Gasteiger charge is -2.22. The second kappa shape index (κ2) is 5.56. The molecule has 0 aromatic carbocycles. The standard InChI is InChI=1S/C16H32/c1-8-9-11(4)13(6)16-14(7)15(16)12(5)10(2)3/h10-16H,8-9H2,1-7H3. The molecule has 0 heteroatoms. The minimum Gasteiger partial charge on any atom is -0.0654 e. The first-order valence-electron chi connectivity index (χ1n) is 7.41. The zero-order valence-electron chi connectivity index (χ0n) is 12.5. The predicted octanol–water partition coefficient (Wildman–Crippen LogP) is 5.23. The largest absolute Gasteiger partial charge is 0.0654 e. The molecule has 1 aliphatic rings. The summed E-state index contributed by atoms with van der Waals surface area (Å²) in [5.41, 5.74) is 0. The van der Waals surface area contributed by atoms with Gasteiger partial charge in [-0.05, 0) is 41.4 Å². The monoisotopic (exact) mass is 224 g/mol. The van der Waals surface area contributed by atoms with Crippen molar-refractivity contribution in [1.82, 2.24) is 0 Å². The van der Waals surface area contributed by atoms with Crippen LogP contribution in [-0.2, 0) is 0 Å². The third kappa shape index (κ3) is 2.81. The van der Waals surface area contributed by atoms with E-state index in [0.717, 1.165) is 41.4 Å². The molecule has 0 aromatic heterocycles. The van der Waals surface area contributed by atoms with E-state index in [-0.39, 0.29) is 0 Å². The molecule has 0 N–H and O–H groups in total. The molecule has 1 aliphatic carbocycles. The first-order chi connectivity index (χ1) is 7.41. The summed E-state index contributed by atoms with van der Waals surface area (Å²) >= 11 is 0. The summed E-state index contributed by atoms with van der Waals surface area (Å²) in [6.45, 7) is 17.0. The topological polar surface area (TPSA) is 0 Å². The average molecular weight is 224 g/mol. The van der Waals surface area contributed by atoms with E-state index in [4.69, 9.17) is 0 Å². The van der Waals surface area contributed by atoms with Gasteiger partial charge in [-0.1, -0.05) is 61.3 Å². The molecular formula is C16H32. The molecular weight excluding hydrogens is 192 g/mol. The fourth-order valence-electron chi connectivity index (χ4n) is 3.73. The third-order valence-corrected chi connectivity index (χ3v) is 5.43. The molecule has 1 fully saturated rings. The van der Waals surface area contributed by atoms with Crippen molar-refractivity contribution in [3.05, 3.63) is 0 Å². The van der Waals surface area contributed by atoms with Gasteiger partial charge in [0.2, 0.25) is 0 Å². The highest BCUT2D eigenvalue weighted by atomic mass is 14.6. The van der Waals surface area contributed by atoms with Gasteiger partial charge in [-0.25, -0.2) is 0 Å². The quantitative estimate of drug-likeness (QED) is 0.579. The third-order valence-electron chi connectivity index (χ3n) is 5.43. The van der Waals surface area contributed by atoms with Crippen LogP contribution in [0.5, 0.6) is 0 Å². The van der Waals surface area contributed by atoms with Gasteiger partial charge in [0.1, 0.15) is 0 Å². The molecule has 0 amide bonds. The Kier molecular flexibility index (Phi) is 4.88. The Hall–Kier alpha value is 0. The van der Waals surface area contributed by atoms with Crippen LogP contribution in [0.2, 0.25) is 0 Å². The van der Waals surface area contributed by atoms with Crippen molar-refractivity contribution in [2.75, 3.05) is 0 Å². The van der Waals surface area contributed by atoms with Gasteiger partial charge in [-0.2, -0.15) is 0 Å². The van der Waals surface area contributed by atoms with Crippen LogP contribution < -0.4 is 0 Å². The van der Waals surface area contributed by atoms with Crippen LogP contribution in [0.15, 0.2) is 0 Å². The van der Waals surface area contributed by atoms with Crippen molar-refractivity contribution in [3.63, 3.8) is 0 Å². The van der Waals surface area contributed by atoms with Crippen LogP contribution >= 0.6 is 0 Å². The van der Waals surface area contributed by atoms with Crippen LogP contribution in [-0.4, -0.2) is 0 Å². The van der Waals surface area contributed by atoms with Crippen LogP contribution in [0.1, 0.15) is 61.3 Å². The molecule has 0 aliphatic heterocycles. The zero-order valence-corrected chi connectivity index (χ0v) is 12.5. The number of hydrogen-bond donors (Lipinski definition) is 0. The molecule has 0 nitrogen and oxygen atoms in total. The van der Waals surface area contributed by atoms with Crippen molar-refractivity contribution in [1.29, 1.82) is 0 Å². The Labute approximate surface area is 103 Å². The smallest absolute Gasteiger partial charge is 0.0324 e. The lowest BCUT2D eigenvalue weighted by molar-refractivity contribution is 0.273. The normalized spacial score (nSPS) is 34.9. The Morgan fingerprint density at radius 3 is 1.81 bits per heavy atom. The van der Waals surface area contributed by atoms with Gasteiger partial charge < -0.3 is 0 Å². The molecule has 6 atom stereocenters. The van der Waals surface area contributed by atoms with Gasteiger partial charge in [-0.15, -0.1) is 0 Å². The highest BCUT2D eigenvalue weighted by molar-refractivity contribution is 5.00. The van der Waals surface area contributed by atoms with Crippen molar-refractivity contribution in [2.45, 2.75) is 61.3 Å². The maximum atomic E-state index is 2.49. The summed E-state index contributed by atoms with van der Waals surface area (Å²) in [4.78, 5) is 0. The van der Waals surface area contributed by atoms with E-state index in [1.54, 1.807) is 0 Å². The second-order valence-corrected chi connectivity index (χ2v) is 6.74. The first kappa shape index (κ1) is 14.1. The molecule has 1 rings (SSSR count). The fourth-order valence-corrected chi connectivity index (χ4v) is 3.73. The molecule has 0 radical (unpaired) electrons. The first-order valence-corrected chi connectivity index (χ1v) is 7.41. The Bertz CT molecular complexity index is 206. The van der Waals surface area contributed by atoms with Crippen molar-refractivity contribution in [3.8, 4) is 0 Å². The Morgan fingerprint density at radius 2 is 1.38 bits per heavy atom. The second-order valence-electron chi connectivity index (χ2n) is 6.74. The number of rotatable bonds is 6. The maximum Gasteiger partial charge on any atom is -0.0324 e. The summed E-state index contributed by atoms with van der Waals surface area (Å²) in [5.74, 6) is 6.62. The average Bonchev–Trinajstić information content (AvgIpc) is 2.87. The van der Waals surface area contributed by atoms with E-state index in [9.17, 15) is 0 Å². The summed E-state index contributed by atoms with van der Waals surface area (Å²) in [5, 5.41) is 0. The molecule has 0 bridgehead atoms. The van der Waals surface area contributed by atoms with E-state index in [1.807, 2.05) is 0 Å². The molecule has 0 aromatic rings. The highest BCUT2D eigenvalue weighted by Crippen LogP contribution is 2.57. The summed E-state index contributed by atoms with van der Waals surface area (Å²) in [7, 11) is 0. The highest BCUT2D eigenvalue weighted by Gasteiger charge is 2.52. The molecule has 0 saturated heterocycles. The molecule has 1 saturated carbocycles. The van der Waals surface area contributed by atoms with Gasteiger partial charge in [-0.3, -0.25) is 0 Å². The minimum absolute atomic E-state index is 0.853. The van der Waals surface area contributed by atoms with E-state index in [1.165, 1.54) is 12.8 Å². The van der Waals surface area contributed by atoms with Crippen molar-refractivity contribution in [2.24, 2.45) is 41.4 Å². The Balaban J connectivity index is 2.51. The molecule has 16 heavy (non-hydrogen) atoms. The predicted molar refractivity (Wildman–Crippen MR) is 73.4 cm³/mol. The fraction of sp³-hybridized carbons (Fsp3) is 1.00. The van der Waals surface area contributed by atoms with Gasteiger partial charge in [0.05, 0.1) is 0 Å². The minimum atomic E-state index is 0.853. The maximum absolute atomic E-state index is 2.49. The summed E-state index contributed by atoms with van der Waals surface area (Å²) < 4.78 is 0. The lowest BCUT2D eigenvalue weighted by Crippen LogP contribution is -2.15. The van der Waals surface area contributed by atoms with Crippen molar-refractivity contribution >= 4 is 0 Å². The van der Waals surface area contributed by atoms with E-state index in [0.29, 0.717) is 0 Å². The molecule has 0 heterocycles. The van der Waals surface area contributed by atoms with Crippen LogP contribution in [0.25, 0.3) is 0 Å². The Morgan fingerprint density at radius 1 is 0.875 bits per heavy atom. The van der Waals surface area contributed by atoms with E-state index in [2.05, 4.69) is 48.5 Å². The SMILES string of the molecule is CCCC(C)C(C)C1C(C)C1C(C)C(C)C. The summed E-state index contributed by atoms with van der Waals surface area (Å²) in [6, 6.07) is 0. The van der Waals surface area contributed by atoms with Crippen LogP contribution in [0.3, 0.4) is 0 Å². The van der Waals surface area contributed by atoms with E-state index >= 15 is 0 Å². The molecule has 6 unspecified atom stereocenters. The van der Waals surface area contributed by atoms with Crippen LogP contribution in [0.4, 0.5) is 0 Å². The van der Waals surface area contributed by atoms with Crippen molar-refractivity contribution < 1.29 is 0 Å². The summed E-state index contributed by atoms with van der Waals surface area (Å²) in [6.07, 6.45) is 2.75. The van der Waals surface area contributed by atoms with E-state index < -0.39 is 0 Å². The van der Waals surface area contributed by atoms with Gasteiger partial charge in [0.15, 0.2) is 0 Å². The molecule has 96 valence electrons. The van der Waals surface area contributed by atoms with Gasteiger partial charge in [0, 0.05) is 0 Å². The molecule has 0 spiro atoms. The lowest BCUT2D eigenvalue weighted by atomic mass is 9.84. The number of hydrogen-bond acceptors (Lipinski definition) is 0.